The van der Waals surface area contributed by atoms with Crippen molar-refractivity contribution >= 4 is 23.4 Å². The Morgan fingerprint density at radius 3 is 2.44 bits per heavy atom. The monoisotopic (exact) mass is 569 g/mol. The predicted molar refractivity (Wildman–Crippen MR) is 154 cm³/mol. The van der Waals surface area contributed by atoms with Gasteiger partial charge in [-0.2, -0.15) is 0 Å². The summed E-state index contributed by atoms with van der Waals surface area (Å²) in [7, 11) is 0. The highest BCUT2D eigenvalue weighted by Gasteiger charge is 2.41. The third-order valence-electron chi connectivity index (χ3n) is 9.91. The first-order chi connectivity index (χ1) is 19.9. The topological polar surface area (TPSA) is 91.5 Å². The van der Waals surface area contributed by atoms with Gasteiger partial charge in [0.1, 0.15) is 6.04 Å². The minimum Gasteiger partial charge on any atom is -0.367 e. The molecule has 0 bridgehead atoms. The summed E-state index contributed by atoms with van der Waals surface area (Å²) in [4.78, 5) is 48.1. The molecule has 5 aliphatic heterocycles. The lowest BCUT2D eigenvalue weighted by molar-refractivity contribution is -0.136. The Balaban J connectivity index is 0.969. The number of benzene rings is 1. The van der Waals surface area contributed by atoms with Gasteiger partial charge in [0.25, 0.3) is 5.91 Å². The molecular formula is C30H44FN7O3. The summed E-state index contributed by atoms with van der Waals surface area (Å²) < 4.78 is 15.7. The fourth-order valence-corrected chi connectivity index (χ4v) is 7.25. The molecule has 1 aromatic rings. The van der Waals surface area contributed by atoms with Crippen LogP contribution in [0.2, 0.25) is 0 Å². The van der Waals surface area contributed by atoms with Gasteiger partial charge in [0.05, 0.1) is 12.2 Å². The first kappa shape index (κ1) is 28.5. The summed E-state index contributed by atoms with van der Waals surface area (Å²) in [6, 6.07) is 3.30. The first-order valence-electron chi connectivity index (χ1n) is 15.5. The Morgan fingerprint density at radius 1 is 0.927 bits per heavy atom. The number of halogens is 1. The van der Waals surface area contributed by atoms with E-state index in [1.54, 1.807) is 12.1 Å². The number of amides is 3. The van der Waals surface area contributed by atoms with Gasteiger partial charge in [-0.3, -0.25) is 29.5 Å². The quantitative estimate of drug-likeness (QED) is 0.465. The number of carbonyl (C=O) groups is 3. The number of nitrogens with zero attached hydrogens (tertiary/aromatic N) is 5. The molecule has 5 heterocycles. The summed E-state index contributed by atoms with van der Waals surface area (Å²) in [5.74, 6) is -0.785. The van der Waals surface area contributed by atoms with Crippen molar-refractivity contribution in [3.63, 3.8) is 0 Å². The van der Waals surface area contributed by atoms with Crippen LogP contribution < -0.4 is 15.5 Å². The lowest BCUT2D eigenvalue weighted by Gasteiger charge is -2.40. The summed E-state index contributed by atoms with van der Waals surface area (Å²) in [6.45, 7) is 14.8. The molecule has 3 amide bonds. The lowest BCUT2D eigenvalue weighted by Crippen LogP contribution is -2.52. The van der Waals surface area contributed by atoms with Crippen LogP contribution in [0.5, 0.6) is 0 Å². The number of piperidine rings is 2. The molecule has 1 aromatic carbocycles. The van der Waals surface area contributed by atoms with Crippen molar-refractivity contribution in [3.05, 3.63) is 29.1 Å². The normalized spacial score (nSPS) is 27.4. The molecule has 10 nitrogen and oxygen atoms in total. The van der Waals surface area contributed by atoms with E-state index in [4.69, 9.17) is 0 Å². The standard InChI is InChI=1S/C30H44FN7O3/c1-21-18-32-8-11-36(21)15-12-34-9-6-22(7-10-34)19-35-13-16-37(17-14-35)25-3-2-23-24(28(25)31)20-38(30(23)41)26-4-5-27(39)33-29(26)40/h2-3,21-22,26,32H,4-20H2,1H3,(H,33,39,40)/t21-,26?/m0/s1. The molecule has 4 fully saturated rings. The lowest BCUT2D eigenvalue weighted by atomic mass is 9.96. The molecule has 0 aliphatic carbocycles. The van der Waals surface area contributed by atoms with E-state index in [9.17, 15) is 14.4 Å². The molecule has 5 aliphatic rings. The van der Waals surface area contributed by atoms with Crippen LogP contribution in [0.1, 0.15) is 48.5 Å². The van der Waals surface area contributed by atoms with Gasteiger partial charge in [-0.15, -0.1) is 0 Å². The highest BCUT2D eigenvalue weighted by atomic mass is 19.1. The van der Waals surface area contributed by atoms with Crippen LogP contribution in [0.15, 0.2) is 12.1 Å². The average Bonchev–Trinajstić information content (AvgIpc) is 3.31. The number of hydrogen-bond donors (Lipinski definition) is 2. The number of carbonyl (C=O) groups excluding carboxylic acids is 3. The zero-order valence-corrected chi connectivity index (χ0v) is 24.2. The molecule has 0 radical (unpaired) electrons. The zero-order chi connectivity index (χ0) is 28.5. The number of anilines is 1. The van der Waals surface area contributed by atoms with Crippen molar-refractivity contribution in [2.24, 2.45) is 5.92 Å². The van der Waals surface area contributed by atoms with Crippen molar-refractivity contribution in [1.29, 1.82) is 0 Å². The molecule has 2 N–H and O–H groups in total. The second-order valence-electron chi connectivity index (χ2n) is 12.5. The van der Waals surface area contributed by atoms with Crippen LogP contribution in [0.4, 0.5) is 10.1 Å². The Hall–Kier alpha value is -2.60. The highest BCUT2D eigenvalue weighted by molar-refractivity contribution is 6.05. The Labute approximate surface area is 242 Å². The maximum atomic E-state index is 15.7. The fourth-order valence-electron chi connectivity index (χ4n) is 7.25. The Bertz CT molecular complexity index is 1150. The smallest absolute Gasteiger partial charge is 0.255 e. The van der Waals surface area contributed by atoms with Gasteiger partial charge in [0.15, 0.2) is 5.82 Å². The van der Waals surface area contributed by atoms with Crippen LogP contribution >= 0.6 is 0 Å². The van der Waals surface area contributed by atoms with E-state index in [1.807, 2.05) is 0 Å². The molecule has 0 aromatic heterocycles. The molecule has 41 heavy (non-hydrogen) atoms. The molecule has 6 rings (SSSR count). The van der Waals surface area contributed by atoms with Crippen LogP contribution in [0.25, 0.3) is 0 Å². The number of likely N-dealkylation sites (tertiary alicyclic amines) is 1. The summed E-state index contributed by atoms with van der Waals surface area (Å²) in [5, 5.41) is 5.77. The van der Waals surface area contributed by atoms with Gasteiger partial charge < -0.3 is 20.0 Å². The van der Waals surface area contributed by atoms with Crippen molar-refractivity contribution in [2.75, 3.05) is 83.4 Å². The molecular weight excluding hydrogens is 525 g/mol. The number of nitrogens with one attached hydrogen (secondary N) is 2. The van der Waals surface area contributed by atoms with Crippen LogP contribution in [0, 0.1) is 11.7 Å². The largest absolute Gasteiger partial charge is 0.367 e. The molecule has 4 saturated heterocycles. The van der Waals surface area contributed by atoms with E-state index in [0.717, 1.165) is 64.8 Å². The van der Waals surface area contributed by atoms with E-state index in [-0.39, 0.29) is 37.0 Å². The van der Waals surface area contributed by atoms with Gasteiger partial charge in [0.2, 0.25) is 11.8 Å². The van der Waals surface area contributed by atoms with Crippen molar-refractivity contribution in [1.82, 2.24) is 30.2 Å². The third-order valence-corrected chi connectivity index (χ3v) is 9.91. The average molecular weight is 570 g/mol. The maximum Gasteiger partial charge on any atom is 0.255 e. The number of fused-ring (bicyclic) bond motifs is 1. The van der Waals surface area contributed by atoms with E-state index in [2.05, 4.69) is 37.2 Å². The number of imide groups is 1. The molecule has 224 valence electrons. The minimum atomic E-state index is -0.734. The van der Waals surface area contributed by atoms with Crippen molar-refractivity contribution in [3.8, 4) is 0 Å². The number of piperazine rings is 2. The van der Waals surface area contributed by atoms with Gasteiger partial charge in [0, 0.05) is 89.0 Å². The molecule has 2 atom stereocenters. The predicted octanol–water partition coefficient (Wildman–Crippen LogP) is 0.714. The molecule has 0 saturated carbocycles. The number of hydrogen-bond acceptors (Lipinski definition) is 8. The zero-order valence-electron chi connectivity index (χ0n) is 24.2. The van der Waals surface area contributed by atoms with Gasteiger partial charge >= 0.3 is 0 Å². The third kappa shape index (κ3) is 6.14. The first-order valence-corrected chi connectivity index (χ1v) is 15.5. The van der Waals surface area contributed by atoms with Crippen LogP contribution in [0.3, 0.4) is 0 Å². The minimum absolute atomic E-state index is 0.0625. The SMILES string of the molecule is C[C@H]1CNCCN1CCN1CCC(CN2CCN(c3ccc4c(c3F)CN(C3CCC(=O)NC3=O)C4=O)CC2)CC1. The number of rotatable bonds is 7. The van der Waals surface area contributed by atoms with Crippen LogP contribution in [-0.4, -0.2) is 128 Å². The molecule has 11 heteroatoms. The Kier molecular flexibility index (Phi) is 8.57. The molecule has 1 unspecified atom stereocenters. The summed E-state index contributed by atoms with van der Waals surface area (Å²) in [5.41, 5.74) is 1.22. The van der Waals surface area contributed by atoms with E-state index in [0.29, 0.717) is 22.9 Å². The van der Waals surface area contributed by atoms with Gasteiger partial charge in [-0.05, 0) is 57.3 Å². The summed E-state index contributed by atoms with van der Waals surface area (Å²) >= 11 is 0. The molecule has 0 spiro atoms. The highest BCUT2D eigenvalue weighted by Crippen LogP contribution is 2.34. The summed E-state index contributed by atoms with van der Waals surface area (Å²) in [6.07, 6.45) is 2.95. The van der Waals surface area contributed by atoms with E-state index < -0.39 is 11.9 Å². The second kappa shape index (κ2) is 12.3. The van der Waals surface area contributed by atoms with Gasteiger partial charge in [-0.1, -0.05) is 0 Å². The Morgan fingerprint density at radius 2 is 1.71 bits per heavy atom. The van der Waals surface area contributed by atoms with Crippen molar-refractivity contribution < 1.29 is 18.8 Å². The fraction of sp³-hybridized carbons (Fsp3) is 0.700. The van der Waals surface area contributed by atoms with E-state index >= 15 is 4.39 Å². The van der Waals surface area contributed by atoms with Crippen molar-refractivity contribution in [2.45, 2.75) is 51.2 Å². The maximum absolute atomic E-state index is 15.7. The second-order valence-corrected chi connectivity index (χ2v) is 12.5. The van der Waals surface area contributed by atoms with Crippen LogP contribution in [-0.2, 0) is 16.1 Å². The van der Waals surface area contributed by atoms with E-state index in [1.165, 1.54) is 37.4 Å². The van der Waals surface area contributed by atoms with Gasteiger partial charge in [-0.25, -0.2) is 4.39 Å².